The third-order valence-electron chi connectivity index (χ3n) is 3.49. The van der Waals surface area contributed by atoms with Gasteiger partial charge in [-0.05, 0) is 25.7 Å². The monoisotopic (exact) mass is 243 g/mol. The molecule has 0 aromatic heterocycles. The van der Waals surface area contributed by atoms with E-state index in [1.54, 1.807) is 0 Å². The van der Waals surface area contributed by atoms with E-state index in [1.165, 1.54) is 6.42 Å². The van der Waals surface area contributed by atoms with Crippen LogP contribution >= 0.6 is 0 Å². The fraction of sp³-hybridized carbons (Fsp3) is 0.917. The van der Waals surface area contributed by atoms with E-state index in [4.69, 9.17) is 10.9 Å². The van der Waals surface area contributed by atoms with Crippen LogP contribution in [-0.4, -0.2) is 34.3 Å². The predicted molar refractivity (Wildman–Crippen MR) is 68.1 cm³/mol. The van der Waals surface area contributed by atoms with Gasteiger partial charge in [0.05, 0.1) is 5.60 Å². The lowest BCUT2D eigenvalue weighted by Crippen LogP contribution is -2.47. The van der Waals surface area contributed by atoms with E-state index in [9.17, 15) is 5.11 Å². The summed E-state index contributed by atoms with van der Waals surface area (Å²) >= 11 is 0. The summed E-state index contributed by atoms with van der Waals surface area (Å²) in [7, 11) is 0. The van der Waals surface area contributed by atoms with Gasteiger partial charge < -0.3 is 21.4 Å². The summed E-state index contributed by atoms with van der Waals surface area (Å²) in [5.41, 5.74) is 4.85. The Hall–Kier alpha value is -0.810. The van der Waals surface area contributed by atoms with Gasteiger partial charge >= 0.3 is 0 Å². The number of nitrogens with zero attached hydrogens (tertiary/aromatic N) is 1. The van der Waals surface area contributed by atoms with Crippen LogP contribution in [0, 0.1) is 5.92 Å². The van der Waals surface area contributed by atoms with Gasteiger partial charge in [0.2, 0.25) is 0 Å². The normalized spacial score (nSPS) is 32.4. The van der Waals surface area contributed by atoms with Crippen LogP contribution in [0.2, 0.25) is 0 Å². The Morgan fingerprint density at radius 2 is 2.35 bits per heavy atom. The third-order valence-corrected chi connectivity index (χ3v) is 3.49. The molecule has 0 aromatic carbocycles. The second-order valence-corrected chi connectivity index (χ2v) is 5.50. The topological polar surface area (TPSA) is 90.9 Å². The van der Waals surface area contributed by atoms with Crippen molar-refractivity contribution >= 4 is 5.84 Å². The predicted octanol–water partition coefficient (Wildman–Crippen LogP) is 1.04. The standard InChI is InChI=1S/C12H25N3O2/c1-9-4-3-5-12(16,7-9)8-14-10(2)6-11(13)15-17/h9-10,14,16-17H,3-8H2,1-2H3,(H2,13,15). The smallest absolute Gasteiger partial charge is 0.140 e. The van der Waals surface area contributed by atoms with Gasteiger partial charge in [-0.1, -0.05) is 24.9 Å². The molecule has 3 atom stereocenters. The van der Waals surface area contributed by atoms with Crippen molar-refractivity contribution < 1.29 is 10.3 Å². The van der Waals surface area contributed by atoms with Crippen molar-refractivity contribution in [3.05, 3.63) is 0 Å². The molecular formula is C12H25N3O2. The maximum atomic E-state index is 10.4. The zero-order valence-electron chi connectivity index (χ0n) is 10.8. The van der Waals surface area contributed by atoms with Crippen molar-refractivity contribution in [1.29, 1.82) is 0 Å². The highest BCUT2D eigenvalue weighted by Crippen LogP contribution is 2.31. The molecule has 5 nitrogen and oxygen atoms in total. The maximum Gasteiger partial charge on any atom is 0.140 e. The van der Waals surface area contributed by atoms with Gasteiger partial charge in [-0.3, -0.25) is 0 Å². The molecule has 0 amide bonds. The minimum Gasteiger partial charge on any atom is -0.409 e. The largest absolute Gasteiger partial charge is 0.409 e. The highest BCUT2D eigenvalue weighted by Gasteiger charge is 2.32. The number of hydrogen-bond acceptors (Lipinski definition) is 4. The van der Waals surface area contributed by atoms with E-state index in [0.29, 0.717) is 18.9 Å². The Kier molecular flexibility index (Phi) is 5.21. The molecule has 0 spiro atoms. The molecule has 1 rings (SSSR count). The van der Waals surface area contributed by atoms with Crippen LogP contribution in [-0.2, 0) is 0 Å². The fourth-order valence-corrected chi connectivity index (χ4v) is 2.58. The first kappa shape index (κ1) is 14.3. The molecule has 1 saturated carbocycles. The molecule has 3 unspecified atom stereocenters. The van der Waals surface area contributed by atoms with E-state index in [0.717, 1.165) is 19.3 Å². The Labute approximate surface area is 103 Å². The molecule has 1 aliphatic carbocycles. The van der Waals surface area contributed by atoms with E-state index < -0.39 is 5.60 Å². The molecule has 5 heteroatoms. The molecule has 1 fully saturated rings. The highest BCUT2D eigenvalue weighted by atomic mass is 16.4. The molecule has 0 aliphatic heterocycles. The fourth-order valence-electron chi connectivity index (χ4n) is 2.58. The number of rotatable bonds is 5. The van der Waals surface area contributed by atoms with Crippen molar-refractivity contribution in [1.82, 2.24) is 5.32 Å². The first-order valence-electron chi connectivity index (χ1n) is 6.37. The van der Waals surface area contributed by atoms with Crippen molar-refractivity contribution in [2.45, 2.75) is 57.6 Å². The summed E-state index contributed by atoms with van der Waals surface area (Å²) in [6, 6.07) is 0.104. The van der Waals surface area contributed by atoms with Gasteiger partial charge in [0.15, 0.2) is 0 Å². The number of hydrogen-bond donors (Lipinski definition) is 4. The van der Waals surface area contributed by atoms with E-state index in [2.05, 4.69) is 17.4 Å². The number of aliphatic hydroxyl groups is 1. The van der Waals surface area contributed by atoms with E-state index in [1.807, 2.05) is 6.92 Å². The average Bonchev–Trinajstić information content (AvgIpc) is 2.26. The summed E-state index contributed by atoms with van der Waals surface area (Å²) < 4.78 is 0. The summed E-state index contributed by atoms with van der Waals surface area (Å²) in [6.07, 6.45) is 4.51. The van der Waals surface area contributed by atoms with E-state index in [-0.39, 0.29) is 11.9 Å². The summed E-state index contributed by atoms with van der Waals surface area (Å²) in [4.78, 5) is 0. The first-order chi connectivity index (χ1) is 7.95. The molecule has 0 radical (unpaired) electrons. The lowest BCUT2D eigenvalue weighted by atomic mass is 9.79. The van der Waals surface area contributed by atoms with Crippen LogP contribution in [0.4, 0.5) is 0 Å². The zero-order chi connectivity index (χ0) is 12.9. The van der Waals surface area contributed by atoms with Gasteiger partial charge in [-0.2, -0.15) is 0 Å². The molecular weight excluding hydrogens is 218 g/mol. The van der Waals surface area contributed by atoms with Gasteiger partial charge in [0, 0.05) is 19.0 Å². The summed E-state index contributed by atoms with van der Waals surface area (Å²) in [5, 5.41) is 25.1. The van der Waals surface area contributed by atoms with E-state index >= 15 is 0 Å². The Bertz CT molecular complexity index is 270. The minimum atomic E-state index is -0.586. The molecule has 0 heterocycles. The number of nitrogens with one attached hydrogen (secondary N) is 1. The quantitative estimate of drug-likeness (QED) is 0.251. The lowest BCUT2D eigenvalue weighted by Gasteiger charge is -2.36. The SMILES string of the molecule is CC1CCCC(O)(CNC(C)CC(N)=NO)C1. The van der Waals surface area contributed by atoms with Crippen molar-refractivity contribution in [2.75, 3.05) is 6.54 Å². The second kappa shape index (κ2) is 6.21. The minimum absolute atomic E-state index is 0.104. The van der Waals surface area contributed by atoms with Gasteiger partial charge in [-0.15, -0.1) is 0 Å². The molecule has 1 aliphatic rings. The Morgan fingerprint density at radius 3 is 2.94 bits per heavy atom. The molecule has 5 N–H and O–H groups in total. The molecule has 0 bridgehead atoms. The van der Waals surface area contributed by atoms with Crippen LogP contribution in [0.15, 0.2) is 5.16 Å². The van der Waals surface area contributed by atoms with Crippen molar-refractivity contribution in [3.63, 3.8) is 0 Å². The number of amidine groups is 1. The van der Waals surface area contributed by atoms with Crippen molar-refractivity contribution in [2.24, 2.45) is 16.8 Å². The molecule has 17 heavy (non-hydrogen) atoms. The zero-order valence-corrected chi connectivity index (χ0v) is 10.8. The van der Waals surface area contributed by atoms with Crippen LogP contribution in [0.1, 0.15) is 46.0 Å². The molecule has 100 valence electrons. The summed E-state index contributed by atoms with van der Waals surface area (Å²) in [5.74, 6) is 0.809. The highest BCUT2D eigenvalue weighted by molar-refractivity contribution is 5.80. The third kappa shape index (κ3) is 4.91. The molecule has 0 aromatic rings. The Balaban J connectivity index is 2.33. The van der Waals surface area contributed by atoms with Gasteiger partial charge in [0.25, 0.3) is 0 Å². The first-order valence-corrected chi connectivity index (χ1v) is 6.37. The molecule has 0 saturated heterocycles. The van der Waals surface area contributed by atoms with Crippen LogP contribution in [0.3, 0.4) is 0 Å². The van der Waals surface area contributed by atoms with Crippen molar-refractivity contribution in [3.8, 4) is 0 Å². The Morgan fingerprint density at radius 1 is 1.65 bits per heavy atom. The van der Waals surface area contributed by atoms with Gasteiger partial charge in [0.1, 0.15) is 5.84 Å². The summed E-state index contributed by atoms with van der Waals surface area (Å²) in [6.45, 7) is 4.73. The second-order valence-electron chi connectivity index (χ2n) is 5.50. The number of nitrogens with two attached hydrogens (primary N) is 1. The lowest BCUT2D eigenvalue weighted by molar-refractivity contribution is -0.0132. The number of oxime groups is 1. The average molecular weight is 243 g/mol. The van der Waals surface area contributed by atoms with Crippen LogP contribution in [0.25, 0.3) is 0 Å². The van der Waals surface area contributed by atoms with Crippen LogP contribution < -0.4 is 11.1 Å². The van der Waals surface area contributed by atoms with Gasteiger partial charge in [-0.25, -0.2) is 0 Å². The van der Waals surface area contributed by atoms with Crippen LogP contribution in [0.5, 0.6) is 0 Å². The maximum absolute atomic E-state index is 10.4.